The Balaban J connectivity index is 1.47. The van der Waals surface area contributed by atoms with E-state index in [1.807, 2.05) is 43.3 Å². The number of nitrogens with one attached hydrogen (secondary N) is 2. The molecule has 2 amide bonds. The quantitative estimate of drug-likeness (QED) is 0.574. The summed E-state index contributed by atoms with van der Waals surface area (Å²) in [5.74, 6) is -0.317. The molecule has 0 bridgehead atoms. The molecule has 2 aromatic heterocycles. The first-order chi connectivity index (χ1) is 15.1. The van der Waals surface area contributed by atoms with Crippen LogP contribution in [-0.2, 0) is 14.3 Å². The predicted octanol–water partition coefficient (Wildman–Crippen LogP) is 2.61. The van der Waals surface area contributed by atoms with Gasteiger partial charge in [-0.2, -0.15) is 5.10 Å². The molecule has 3 heterocycles. The second kappa shape index (κ2) is 9.53. The second-order valence-corrected chi connectivity index (χ2v) is 7.46. The van der Waals surface area contributed by atoms with Crippen LogP contribution in [0.1, 0.15) is 24.1 Å². The third-order valence-corrected chi connectivity index (χ3v) is 5.22. The van der Waals surface area contributed by atoms with Gasteiger partial charge in [-0.1, -0.05) is 17.7 Å². The predicted molar refractivity (Wildman–Crippen MR) is 118 cm³/mol. The Morgan fingerprint density at radius 3 is 2.90 bits per heavy atom. The molecule has 0 radical (unpaired) electrons. The minimum atomic E-state index is -0.384. The number of aromatic amines is 1. The van der Waals surface area contributed by atoms with Gasteiger partial charge >= 0.3 is 0 Å². The van der Waals surface area contributed by atoms with Gasteiger partial charge in [0, 0.05) is 43.0 Å². The smallest absolute Gasteiger partial charge is 0.251 e. The molecular formula is C23H25N5O3. The van der Waals surface area contributed by atoms with Gasteiger partial charge in [-0.25, -0.2) is 4.98 Å². The number of pyridine rings is 1. The van der Waals surface area contributed by atoms with E-state index in [-0.39, 0.29) is 17.9 Å². The fourth-order valence-corrected chi connectivity index (χ4v) is 3.52. The van der Waals surface area contributed by atoms with E-state index >= 15 is 0 Å². The number of hydrogen-bond acceptors (Lipinski definition) is 5. The molecule has 3 aromatic rings. The lowest BCUT2D eigenvalue weighted by atomic mass is 10.2. The highest BCUT2D eigenvalue weighted by atomic mass is 16.5. The first-order valence-electron chi connectivity index (χ1n) is 10.4. The van der Waals surface area contributed by atoms with Gasteiger partial charge in [-0.05, 0) is 50.1 Å². The van der Waals surface area contributed by atoms with E-state index in [1.165, 1.54) is 6.08 Å². The summed E-state index contributed by atoms with van der Waals surface area (Å²) in [6.45, 7) is 3.29. The fraction of sp³-hybridized carbons (Fsp3) is 0.304. The number of benzene rings is 1. The summed E-state index contributed by atoms with van der Waals surface area (Å²) < 4.78 is 5.41. The maximum Gasteiger partial charge on any atom is 0.251 e. The summed E-state index contributed by atoms with van der Waals surface area (Å²) in [6.07, 6.45) is 6.13. The first-order valence-corrected chi connectivity index (χ1v) is 10.4. The van der Waals surface area contributed by atoms with Crippen LogP contribution in [0.25, 0.3) is 17.1 Å². The van der Waals surface area contributed by atoms with Gasteiger partial charge in [-0.15, -0.1) is 0 Å². The molecular weight excluding hydrogens is 394 g/mol. The van der Waals surface area contributed by atoms with Crippen LogP contribution in [0.5, 0.6) is 0 Å². The van der Waals surface area contributed by atoms with Crippen molar-refractivity contribution in [3.8, 4) is 0 Å². The van der Waals surface area contributed by atoms with Crippen LogP contribution < -0.4 is 10.2 Å². The molecule has 8 nitrogen and oxygen atoms in total. The highest BCUT2D eigenvalue weighted by Gasteiger charge is 2.23. The number of H-pyrrole nitrogens is 1. The first kappa shape index (κ1) is 20.7. The molecule has 4 rings (SSSR count). The van der Waals surface area contributed by atoms with Gasteiger partial charge in [0.2, 0.25) is 5.91 Å². The van der Waals surface area contributed by atoms with E-state index in [2.05, 4.69) is 20.5 Å². The Hall–Kier alpha value is -3.52. The zero-order valence-electron chi connectivity index (χ0n) is 17.4. The van der Waals surface area contributed by atoms with Crippen molar-refractivity contribution in [1.29, 1.82) is 0 Å². The molecule has 1 aromatic carbocycles. The molecule has 2 N–H and O–H groups in total. The Bertz CT molecular complexity index is 1080. The lowest BCUT2D eigenvalue weighted by molar-refractivity contribution is -0.130. The SMILES string of the molecule is Cc1ccc(N(CCNC(=O)C2CCCO2)C(=O)/C=C/c2[nH]nc3ncccc23)cc1. The van der Waals surface area contributed by atoms with Gasteiger partial charge in [0.15, 0.2) is 5.65 Å². The maximum absolute atomic E-state index is 13.0. The third kappa shape index (κ3) is 4.97. The number of carbonyl (C=O) groups is 2. The summed E-state index contributed by atoms with van der Waals surface area (Å²) in [5.41, 5.74) is 3.19. The molecule has 1 atom stereocenters. The van der Waals surface area contributed by atoms with E-state index in [0.717, 1.165) is 29.5 Å². The van der Waals surface area contributed by atoms with Crippen LogP contribution in [0.4, 0.5) is 5.69 Å². The monoisotopic (exact) mass is 419 g/mol. The second-order valence-electron chi connectivity index (χ2n) is 7.46. The van der Waals surface area contributed by atoms with E-state index < -0.39 is 0 Å². The normalized spacial score (nSPS) is 16.1. The molecule has 31 heavy (non-hydrogen) atoms. The van der Waals surface area contributed by atoms with Crippen LogP contribution in [0, 0.1) is 6.92 Å². The highest BCUT2D eigenvalue weighted by molar-refractivity contribution is 6.04. The van der Waals surface area contributed by atoms with Crippen molar-refractivity contribution >= 4 is 34.6 Å². The van der Waals surface area contributed by atoms with Crippen molar-refractivity contribution in [1.82, 2.24) is 20.5 Å². The number of hydrogen-bond donors (Lipinski definition) is 2. The summed E-state index contributed by atoms with van der Waals surface area (Å²) in [5, 5.41) is 10.8. The number of ether oxygens (including phenoxy) is 1. The molecule has 1 aliphatic rings. The Labute approximate surface area is 180 Å². The number of nitrogens with zero attached hydrogens (tertiary/aromatic N) is 3. The summed E-state index contributed by atoms with van der Waals surface area (Å²) >= 11 is 0. The van der Waals surface area contributed by atoms with Crippen molar-refractivity contribution in [2.24, 2.45) is 0 Å². The van der Waals surface area contributed by atoms with Gasteiger partial charge in [0.05, 0.1) is 5.69 Å². The van der Waals surface area contributed by atoms with Crippen molar-refractivity contribution in [2.75, 3.05) is 24.6 Å². The molecule has 0 saturated carbocycles. The Morgan fingerprint density at radius 2 is 2.13 bits per heavy atom. The standard InChI is InChI=1S/C23H25N5O3/c1-16-6-8-17(9-7-16)28(14-13-25-23(30)20-5-3-15-31-20)21(29)11-10-19-18-4-2-12-24-22(18)27-26-19/h2,4,6-12,20H,3,5,13-15H2,1H3,(H,25,30)(H,24,26,27)/b11-10+. The average Bonchev–Trinajstić information content (AvgIpc) is 3.46. The van der Waals surface area contributed by atoms with Gasteiger partial charge in [0.25, 0.3) is 5.91 Å². The van der Waals surface area contributed by atoms with E-state index in [1.54, 1.807) is 17.2 Å². The number of fused-ring (bicyclic) bond motifs is 1. The van der Waals surface area contributed by atoms with Crippen molar-refractivity contribution in [3.05, 3.63) is 59.9 Å². The van der Waals surface area contributed by atoms with E-state index in [0.29, 0.717) is 31.0 Å². The molecule has 1 saturated heterocycles. The molecule has 160 valence electrons. The molecule has 0 spiro atoms. The summed E-state index contributed by atoms with van der Waals surface area (Å²) in [7, 11) is 0. The van der Waals surface area contributed by atoms with E-state index in [4.69, 9.17) is 4.74 Å². The van der Waals surface area contributed by atoms with Gasteiger partial charge in [-0.3, -0.25) is 14.7 Å². The Morgan fingerprint density at radius 1 is 1.29 bits per heavy atom. The van der Waals surface area contributed by atoms with Crippen molar-refractivity contribution < 1.29 is 14.3 Å². The molecule has 1 unspecified atom stereocenters. The minimum Gasteiger partial charge on any atom is -0.368 e. The number of aryl methyl sites for hydroxylation is 1. The number of anilines is 1. The topological polar surface area (TPSA) is 100 Å². The van der Waals surface area contributed by atoms with Crippen molar-refractivity contribution in [3.63, 3.8) is 0 Å². The largest absolute Gasteiger partial charge is 0.368 e. The average molecular weight is 419 g/mol. The lowest BCUT2D eigenvalue weighted by Crippen LogP contribution is -2.41. The number of aromatic nitrogens is 3. The number of carbonyl (C=O) groups excluding carboxylic acids is 2. The minimum absolute atomic E-state index is 0.124. The highest BCUT2D eigenvalue weighted by Crippen LogP contribution is 2.18. The molecule has 1 aliphatic heterocycles. The summed E-state index contributed by atoms with van der Waals surface area (Å²) in [4.78, 5) is 31.1. The molecule has 8 heteroatoms. The van der Waals surface area contributed by atoms with Crippen LogP contribution in [0.3, 0.4) is 0 Å². The van der Waals surface area contributed by atoms with Crippen LogP contribution in [0.2, 0.25) is 0 Å². The van der Waals surface area contributed by atoms with Gasteiger partial charge in [0.1, 0.15) is 6.10 Å². The Kier molecular flexibility index (Phi) is 6.37. The zero-order chi connectivity index (χ0) is 21.6. The zero-order valence-corrected chi connectivity index (χ0v) is 17.4. The van der Waals surface area contributed by atoms with Crippen molar-refractivity contribution in [2.45, 2.75) is 25.9 Å². The maximum atomic E-state index is 13.0. The molecule has 0 aliphatic carbocycles. The van der Waals surface area contributed by atoms with E-state index in [9.17, 15) is 9.59 Å². The molecule has 1 fully saturated rings. The van der Waals surface area contributed by atoms with Gasteiger partial charge < -0.3 is 15.0 Å². The fourth-order valence-electron chi connectivity index (χ4n) is 3.52. The van der Waals surface area contributed by atoms with Crippen LogP contribution in [0.15, 0.2) is 48.7 Å². The van der Waals surface area contributed by atoms with Crippen LogP contribution >= 0.6 is 0 Å². The number of amides is 2. The lowest BCUT2D eigenvalue weighted by Gasteiger charge is -2.22. The third-order valence-electron chi connectivity index (χ3n) is 5.22. The van der Waals surface area contributed by atoms with Crippen LogP contribution in [-0.4, -0.2) is 52.8 Å². The summed E-state index contributed by atoms with van der Waals surface area (Å²) in [6, 6.07) is 11.4. The number of rotatable bonds is 7.